The number of nitrogens with zero attached hydrogens (tertiary/aromatic N) is 5. The summed E-state index contributed by atoms with van der Waals surface area (Å²) in [6, 6.07) is 7.62. The molecule has 33 heavy (non-hydrogen) atoms. The van der Waals surface area contributed by atoms with Crippen LogP contribution in [0, 0.1) is 13.8 Å². The van der Waals surface area contributed by atoms with Crippen LogP contribution in [0.5, 0.6) is 5.75 Å². The number of aromatic nitrogens is 4. The van der Waals surface area contributed by atoms with E-state index in [9.17, 15) is 18.0 Å². The first kappa shape index (κ1) is 24.4. The number of aryl methyl sites for hydroxylation is 2. The first-order valence-electron chi connectivity index (χ1n) is 10.4. The van der Waals surface area contributed by atoms with Gasteiger partial charge in [-0.25, -0.2) is 9.50 Å². The molecular weight excluding hydrogens is 437 g/mol. The van der Waals surface area contributed by atoms with Gasteiger partial charge in [0, 0.05) is 24.4 Å². The second-order valence-electron chi connectivity index (χ2n) is 7.96. The Morgan fingerprint density at radius 2 is 1.85 bits per heavy atom. The standard InChI is InChI=1S/C22H27F3N6O2/c1-13-17(14(2)31-21(27-13)28-20(29-31)22(23,24)25)10-11-19(32)26-12-18(30(3)4)15-6-8-16(33-5)9-7-15/h6-9,18H,10-12H2,1-5H3,(H,26,32)/t18-/m1/s1. The van der Waals surface area contributed by atoms with E-state index in [4.69, 9.17) is 4.74 Å². The number of carbonyl (C=O) groups is 1. The van der Waals surface area contributed by atoms with Crippen molar-refractivity contribution >= 4 is 11.7 Å². The van der Waals surface area contributed by atoms with E-state index < -0.39 is 12.0 Å². The Kier molecular flexibility index (Phi) is 7.21. The van der Waals surface area contributed by atoms with Crippen molar-refractivity contribution in [2.75, 3.05) is 27.7 Å². The van der Waals surface area contributed by atoms with E-state index in [1.807, 2.05) is 43.3 Å². The molecule has 11 heteroatoms. The van der Waals surface area contributed by atoms with Crippen molar-refractivity contribution in [2.24, 2.45) is 0 Å². The van der Waals surface area contributed by atoms with Crippen molar-refractivity contribution < 1.29 is 22.7 Å². The minimum atomic E-state index is -4.65. The number of hydrogen-bond acceptors (Lipinski definition) is 6. The first-order chi connectivity index (χ1) is 15.5. The molecule has 3 aromatic rings. The molecule has 1 aromatic carbocycles. The first-order valence-corrected chi connectivity index (χ1v) is 10.4. The second-order valence-corrected chi connectivity index (χ2v) is 7.96. The number of alkyl halides is 3. The van der Waals surface area contributed by atoms with E-state index in [1.165, 1.54) is 0 Å². The number of amides is 1. The van der Waals surface area contributed by atoms with Crippen molar-refractivity contribution in [1.29, 1.82) is 0 Å². The third kappa shape index (κ3) is 5.59. The highest BCUT2D eigenvalue weighted by atomic mass is 19.4. The summed E-state index contributed by atoms with van der Waals surface area (Å²) in [5, 5.41) is 6.49. The molecule has 2 aromatic heterocycles. The molecule has 0 unspecified atom stereocenters. The minimum absolute atomic E-state index is 0.0303. The number of nitrogens with one attached hydrogen (secondary N) is 1. The number of ether oxygens (including phenoxy) is 1. The minimum Gasteiger partial charge on any atom is -0.497 e. The van der Waals surface area contributed by atoms with Crippen LogP contribution in [0.3, 0.4) is 0 Å². The number of methoxy groups -OCH3 is 1. The van der Waals surface area contributed by atoms with Gasteiger partial charge in [0.25, 0.3) is 11.6 Å². The van der Waals surface area contributed by atoms with E-state index in [-0.39, 0.29) is 24.1 Å². The summed E-state index contributed by atoms with van der Waals surface area (Å²) in [4.78, 5) is 22.2. The summed E-state index contributed by atoms with van der Waals surface area (Å²) in [6.07, 6.45) is -4.16. The lowest BCUT2D eigenvalue weighted by Crippen LogP contribution is -2.34. The molecule has 0 aliphatic heterocycles. The van der Waals surface area contributed by atoms with Gasteiger partial charge in [0.1, 0.15) is 5.75 Å². The van der Waals surface area contributed by atoms with Crippen molar-refractivity contribution in [3.05, 3.63) is 52.6 Å². The quantitative estimate of drug-likeness (QED) is 0.552. The molecule has 0 saturated carbocycles. The maximum atomic E-state index is 13.0. The summed E-state index contributed by atoms with van der Waals surface area (Å²) in [5.74, 6) is -0.755. The van der Waals surface area contributed by atoms with Gasteiger partial charge in [0.2, 0.25) is 5.91 Å². The predicted molar refractivity (Wildman–Crippen MR) is 116 cm³/mol. The van der Waals surface area contributed by atoms with Crippen LogP contribution in [0.4, 0.5) is 13.2 Å². The van der Waals surface area contributed by atoms with Gasteiger partial charge in [-0.2, -0.15) is 18.2 Å². The van der Waals surface area contributed by atoms with Crippen LogP contribution >= 0.6 is 0 Å². The van der Waals surface area contributed by atoms with Crippen molar-refractivity contribution in [3.8, 4) is 5.75 Å². The average Bonchev–Trinajstić information content (AvgIpc) is 3.18. The summed E-state index contributed by atoms with van der Waals surface area (Å²) in [5.41, 5.74) is 2.72. The largest absolute Gasteiger partial charge is 0.497 e. The lowest BCUT2D eigenvalue weighted by atomic mass is 10.0. The van der Waals surface area contributed by atoms with Gasteiger partial charge in [-0.15, -0.1) is 5.10 Å². The zero-order valence-electron chi connectivity index (χ0n) is 19.2. The number of likely N-dealkylation sites (N-methyl/N-ethyl adjacent to an activating group) is 1. The molecule has 1 N–H and O–H groups in total. The second kappa shape index (κ2) is 9.74. The Labute approximate surface area is 189 Å². The topological polar surface area (TPSA) is 84.6 Å². The number of halogens is 3. The summed E-state index contributed by atoms with van der Waals surface area (Å²) in [7, 11) is 5.47. The Balaban J connectivity index is 1.67. The fraction of sp³-hybridized carbons (Fsp3) is 0.455. The smallest absolute Gasteiger partial charge is 0.453 e. The monoisotopic (exact) mass is 464 g/mol. The zero-order chi connectivity index (χ0) is 24.3. The molecule has 8 nitrogen and oxygen atoms in total. The van der Waals surface area contributed by atoms with Gasteiger partial charge in [-0.3, -0.25) is 4.79 Å². The van der Waals surface area contributed by atoms with Gasteiger partial charge in [0.05, 0.1) is 13.2 Å². The number of fused-ring (bicyclic) bond motifs is 1. The molecular formula is C22H27F3N6O2. The predicted octanol–water partition coefficient (Wildman–Crippen LogP) is 3.12. The van der Waals surface area contributed by atoms with E-state index in [1.54, 1.807) is 21.0 Å². The number of hydrogen-bond donors (Lipinski definition) is 1. The van der Waals surface area contributed by atoms with Crippen LogP contribution in [0.1, 0.15) is 40.8 Å². The van der Waals surface area contributed by atoms with Crippen LogP contribution < -0.4 is 10.1 Å². The van der Waals surface area contributed by atoms with Crippen molar-refractivity contribution in [1.82, 2.24) is 29.8 Å². The van der Waals surface area contributed by atoms with Gasteiger partial charge < -0.3 is 15.0 Å². The molecule has 0 saturated heterocycles. The maximum Gasteiger partial charge on any atom is 0.453 e. The molecule has 0 spiro atoms. The molecule has 0 bridgehead atoms. The molecule has 0 fully saturated rings. The molecule has 1 atom stereocenters. The van der Waals surface area contributed by atoms with Gasteiger partial charge in [-0.05, 0) is 57.6 Å². The Bertz CT molecular complexity index is 1130. The molecule has 0 radical (unpaired) electrons. The van der Waals surface area contributed by atoms with Crippen molar-refractivity contribution in [3.63, 3.8) is 0 Å². The summed E-state index contributed by atoms with van der Waals surface area (Å²) in [6.45, 7) is 3.74. The molecule has 0 aliphatic carbocycles. The normalized spacial score (nSPS) is 12.9. The van der Waals surface area contributed by atoms with Crippen molar-refractivity contribution in [2.45, 2.75) is 38.9 Å². The maximum absolute atomic E-state index is 13.0. The lowest BCUT2D eigenvalue weighted by Gasteiger charge is -2.25. The van der Waals surface area contributed by atoms with E-state index in [2.05, 4.69) is 20.4 Å². The fourth-order valence-electron chi connectivity index (χ4n) is 3.65. The van der Waals surface area contributed by atoms with E-state index >= 15 is 0 Å². The van der Waals surface area contributed by atoms with E-state index in [0.29, 0.717) is 29.9 Å². The molecule has 3 rings (SSSR count). The SMILES string of the molecule is COc1ccc([C@@H](CNC(=O)CCc2c(C)nc3nc(C(F)(F)F)nn3c2C)N(C)C)cc1. The summed E-state index contributed by atoms with van der Waals surface area (Å²) >= 11 is 0. The molecule has 1 amide bonds. The molecule has 0 aliphatic rings. The highest BCUT2D eigenvalue weighted by Crippen LogP contribution is 2.27. The average molecular weight is 464 g/mol. The molecule has 2 heterocycles. The van der Waals surface area contributed by atoms with Gasteiger partial charge >= 0.3 is 6.18 Å². The van der Waals surface area contributed by atoms with Gasteiger partial charge in [-0.1, -0.05) is 12.1 Å². The number of rotatable bonds is 8. The third-order valence-electron chi connectivity index (χ3n) is 5.52. The fourth-order valence-corrected chi connectivity index (χ4v) is 3.65. The van der Waals surface area contributed by atoms with Crippen LogP contribution in [0.25, 0.3) is 5.78 Å². The highest BCUT2D eigenvalue weighted by molar-refractivity contribution is 5.76. The highest BCUT2D eigenvalue weighted by Gasteiger charge is 2.37. The Hall–Kier alpha value is -3.21. The van der Waals surface area contributed by atoms with Crippen LogP contribution in [-0.4, -0.2) is 58.1 Å². The Morgan fingerprint density at radius 3 is 2.42 bits per heavy atom. The Morgan fingerprint density at radius 1 is 1.18 bits per heavy atom. The van der Waals surface area contributed by atoms with Crippen LogP contribution in [0.15, 0.2) is 24.3 Å². The number of carbonyl (C=O) groups excluding carboxylic acids is 1. The number of benzene rings is 1. The van der Waals surface area contributed by atoms with Gasteiger partial charge in [0.15, 0.2) is 0 Å². The van der Waals surface area contributed by atoms with Crippen LogP contribution in [0.2, 0.25) is 0 Å². The lowest BCUT2D eigenvalue weighted by molar-refractivity contribution is -0.144. The zero-order valence-corrected chi connectivity index (χ0v) is 19.2. The van der Waals surface area contributed by atoms with Crippen LogP contribution in [-0.2, 0) is 17.4 Å². The molecule has 178 valence electrons. The third-order valence-corrected chi connectivity index (χ3v) is 5.52. The summed E-state index contributed by atoms with van der Waals surface area (Å²) < 4.78 is 45.1. The van der Waals surface area contributed by atoms with E-state index in [0.717, 1.165) is 15.8 Å².